The van der Waals surface area contributed by atoms with Crippen LogP contribution in [0.2, 0.25) is 0 Å². The number of halogens is 1. The molecule has 1 aliphatic heterocycles. The maximum atomic E-state index is 11.9. The van der Waals surface area contributed by atoms with Gasteiger partial charge in [-0.15, -0.1) is 0 Å². The van der Waals surface area contributed by atoms with Gasteiger partial charge in [0.15, 0.2) is 18.1 Å². The summed E-state index contributed by atoms with van der Waals surface area (Å²) in [5.74, 6) is 1.68. The molecule has 0 saturated heterocycles. The molecule has 25 heavy (non-hydrogen) atoms. The Morgan fingerprint density at radius 2 is 2.08 bits per heavy atom. The highest BCUT2D eigenvalue weighted by molar-refractivity contribution is 9.10. The second-order valence-corrected chi connectivity index (χ2v) is 6.36. The molecule has 3 rings (SSSR count). The van der Waals surface area contributed by atoms with Crippen molar-refractivity contribution in [3.05, 3.63) is 51.5 Å². The third-order valence-corrected chi connectivity index (χ3v) is 4.49. The molecule has 0 aliphatic carbocycles. The van der Waals surface area contributed by atoms with Crippen molar-refractivity contribution < 1.29 is 19.0 Å². The van der Waals surface area contributed by atoms with E-state index in [1.807, 2.05) is 32.0 Å². The lowest BCUT2D eigenvalue weighted by molar-refractivity contribution is -0.123. The summed E-state index contributed by atoms with van der Waals surface area (Å²) in [6.45, 7) is 4.05. The van der Waals surface area contributed by atoms with E-state index < -0.39 is 0 Å². The van der Waals surface area contributed by atoms with Crippen LogP contribution in [0.5, 0.6) is 17.2 Å². The molecule has 0 bridgehead atoms. The number of amides is 1. The number of nitrogens with one attached hydrogen (secondary N) is 1. The molecule has 0 aromatic heterocycles. The number of benzene rings is 2. The lowest BCUT2D eigenvalue weighted by Crippen LogP contribution is -2.24. The molecule has 0 unspecified atom stereocenters. The first-order chi connectivity index (χ1) is 12.0. The van der Waals surface area contributed by atoms with Crippen molar-refractivity contribution in [2.75, 3.05) is 13.4 Å². The minimum atomic E-state index is -0.339. The minimum absolute atomic E-state index is 0.107. The van der Waals surface area contributed by atoms with Crippen LogP contribution in [0, 0.1) is 13.8 Å². The van der Waals surface area contributed by atoms with Gasteiger partial charge in [0.2, 0.25) is 6.79 Å². The zero-order valence-electron chi connectivity index (χ0n) is 13.8. The molecule has 6 nitrogen and oxygen atoms in total. The monoisotopic (exact) mass is 404 g/mol. The summed E-state index contributed by atoms with van der Waals surface area (Å²) in [7, 11) is 0. The number of hydrogen-bond acceptors (Lipinski definition) is 5. The van der Waals surface area contributed by atoms with Crippen molar-refractivity contribution in [3.63, 3.8) is 0 Å². The van der Waals surface area contributed by atoms with Gasteiger partial charge in [0, 0.05) is 10.0 Å². The standard InChI is InChI=1S/C18H17BrN2O4/c1-11-4-3-5-15(12(11)2)23-9-18(22)21-20-8-13-6-16-17(7-14(13)19)25-10-24-16/h3-8H,9-10H2,1-2H3,(H,21,22)/b20-8-. The normalized spacial score (nSPS) is 12.4. The predicted octanol–water partition coefficient (Wildman–Crippen LogP) is 3.32. The largest absolute Gasteiger partial charge is 0.483 e. The molecule has 1 heterocycles. The van der Waals surface area contributed by atoms with Crippen molar-refractivity contribution in [1.29, 1.82) is 0 Å². The lowest BCUT2D eigenvalue weighted by Gasteiger charge is -2.09. The summed E-state index contributed by atoms with van der Waals surface area (Å²) in [4.78, 5) is 11.9. The van der Waals surface area contributed by atoms with Crippen LogP contribution in [-0.4, -0.2) is 25.5 Å². The summed E-state index contributed by atoms with van der Waals surface area (Å²) >= 11 is 3.43. The van der Waals surface area contributed by atoms with Gasteiger partial charge in [-0.2, -0.15) is 5.10 Å². The summed E-state index contributed by atoms with van der Waals surface area (Å²) in [5, 5.41) is 3.95. The Kier molecular flexibility index (Phi) is 5.23. The van der Waals surface area contributed by atoms with Crippen molar-refractivity contribution in [3.8, 4) is 17.2 Å². The molecule has 7 heteroatoms. The average Bonchev–Trinajstić information content (AvgIpc) is 3.03. The fourth-order valence-electron chi connectivity index (χ4n) is 2.26. The molecular formula is C18H17BrN2O4. The second-order valence-electron chi connectivity index (χ2n) is 5.51. The zero-order valence-corrected chi connectivity index (χ0v) is 15.4. The van der Waals surface area contributed by atoms with Gasteiger partial charge >= 0.3 is 0 Å². The van der Waals surface area contributed by atoms with Crippen LogP contribution in [0.15, 0.2) is 39.9 Å². The molecule has 0 saturated carbocycles. The Morgan fingerprint density at radius 3 is 2.88 bits per heavy atom. The van der Waals surface area contributed by atoms with Crippen LogP contribution in [0.1, 0.15) is 16.7 Å². The first kappa shape index (κ1) is 17.3. The Balaban J connectivity index is 1.55. The van der Waals surface area contributed by atoms with E-state index in [1.54, 1.807) is 12.1 Å². The zero-order chi connectivity index (χ0) is 17.8. The van der Waals surface area contributed by atoms with Crippen LogP contribution in [0.3, 0.4) is 0 Å². The number of carbonyl (C=O) groups is 1. The third-order valence-electron chi connectivity index (χ3n) is 3.80. The maximum Gasteiger partial charge on any atom is 0.277 e. The van der Waals surface area contributed by atoms with Gasteiger partial charge < -0.3 is 14.2 Å². The number of rotatable bonds is 5. The molecule has 1 aliphatic rings. The van der Waals surface area contributed by atoms with E-state index in [4.69, 9.17) is 14.2 Å². The Labute approximate surface area is 153 Å². The molecule has 0 fully saturated rings. The summed E-state index contributed by atoms with van der Waals surface area (Å²) < 4.78 is 16.9. The lowest BCUT2D eigenvalue weighted by atomic mass is 10.1. The minimum Gasteiger partial charge on any atom is -0.483 e. The van der Waals surface area contributed by atoms with E-state index in [1.165, 1.54) is 6.21 Å². The molecule has 0 atom stereocenters. The van der Waals surface area contributed by atoms with Crippen LogP contribution in [0.4, 0.5) is 0 Å². The van der Waals surface area contributed by atoms with E-state index in [2.05, 4.69) is 26.5 Å². The molecule has 1 amide bonds. The van der Waals surface area contributed by atoms with Crippen LogP contribution >= 0.6 is 15.9 Å². The molecular weight excluding hydrogens is 388 g/mol. The Hall–Kier alpha value is -2.54. The fraction of sp³-hybridized carbons (Fsp3) is 0.222. The van der Waals surface area contributed by atoms with Crippen LogP contribution < -0.4 is 19.6 Å². The summed E-state index contributed by atoms with van der Waals surface area (Å²) in [5.41, 5.74) is 5.34. The van der Waals surface area contributed by atoms with Crippen molar-refractivity contribution in [2.45, 2.75) is 13.8 Å². The van der Waals surface area contributed by atoms with Crippen LogP contribution in [-0.2, 0) is 4.79 Å². The topological polar surface area (TPSA) is 69.2 Å². The summed E-state index contributed by atoms with van der Waals surface area (Å²) in [6, 6.07) is 9.31. The van der Waals surface area contributed by atoms with Gasteiger partial charge in [0.1, 0.15) is 5.75 Å². The SMILES string of the molecule is Cc1cccc(OCC(=O)N/N=C\c2cc3c(cc2Br)OCO3)c1C. The van der Waals surface area contributed by atoms with Gasteiger partial charge in [0.25, 0.3) is 5.91 Å². The predicted molar refractivity (Wildman–Crippen MR) is 97.4 cm³/mol. The van der Waals surface area contributed by atoms with Crippen molar-refractivity contribution in [2.24, 2.45) is 5.10 Å². The van der Waals surface area contributed by atoms with Gasteiger partial charge in [0.05, 0.1) is 6.21 Å². The smallest absolute Gasteiger partial charge is 0.277 e. The second kappa shape index (κ2) is 7.57. The molecule has 0 spiro atoms. The van der Waals surface area contributed by atoms with Gasteiger partial charge in [-0.25, -0.2) is 5.43 Å². The highest BCUT2D eigenvalue weighted by atomic mass is 79.9. The number of nitrogens with zero attached hydrogens (tertiary/aromatic N) is 1. The number of carbonyl (C=O) groups excluding carboxylic acids is 1. The average molecular weight is 405 g/mol. The Bertz CT molecular complexity index is 836. The molecule has 1 N–H and O–H groups in total. The van der Waals surface area contributed by atoms with Crippen molar-refractivity contribution in [1.82, 2.24) is 5.43 Å². The molecule has 2 aromatic carbocycles. The number of ether oxygens (including phenoxy) is 3. The number of fused-ring (bicyclic) bond motifs is 1. The van der Waals surface area contributed by atoms with Gasteiger partial charge in [-0.05, 0) is 59.1 Å². The first-order valence-electron chi connectivity index (χ1n) is 7.64. The number of aryl methyl sites for hydroxylation is 1. The van der Waals surface area contributed by atoms with E-state index in [0.29, 0.717) is 17.2 Å². The van der Waals surface area contributed by atoms with Gasteiger partial charge in [-0.3, -0.25) is 4.79 Å². The number of hydrogen-bond donors (Lipinski definition) is 1. The Morgan fingerprint density at radius 1 is 1.32 bits per heavy atom. The van der Waals surface area contributed by atoms with E-state index in [9.17, 15) is 4.79 Å². The number of hydrazone groups is 1. The van der Waals surface area contributed by atoms with Gasteiger partial charge in [-0.1, -0.05) is 12.1 Å². The fourth-order valence-corrected chi connectivity index (χ4v) is 2.69. The van der Waals surface area contributed by atoms with E-state index >= 15 is 0 Å². The van der Waals surface area contributed by atoms with E-state index in [0.717, 1.165) is 21.2 Å². The molecule has 2 aromatic rings. The summed E-state index contributed by atoms with van der Waals surface area (Å²) in [6.07, 6.45) is 1.53. The van der Waals surface area contributed by atoms with Crippen LogP contribution in [0.25, 0.3) is 0 Å². The van der Waals surface area contributed by atoms with Crippen molar-refractivity contribution >= 4 is 28.1 Å². The molecule has 130 valence electrons. The van der Waals surface area contributed by atoms with E-state index in [-0.39, 0.29) is 19.3 Å². The maximum absolute atomic E-state index is 11.9. The highest BCUT2D eigenvalue weighted by Crippen LogP contribution is 2.36. The third kappa shape index (κ3) is 4.11. The quantitative estimate of drug-likeness (QED) is 0.612. The first-order valence-corrected chi connectivity index (χ1v) is 8.44. The highest BCUT2D eigenvalue weighted by Gasteiger charge is 2.15. The molecule has 0 radical (unpaired) electrons.